The zero-order valence-electron chi connectivity index (χ0n) is 20.6. The molecule has 8 heteroatoms. The number of anilines is 3. The number of nitrogens with zero attached hydrogens (tertiary/aromatic N) is 4. The highest BCUT2D eigenvalue weighted by atomic mass is 35.5. The lowest BCUT2D eigenvalue weighted by atomic mass is 10.1. The van der Waals surface area contributed by atoms with Crippen LogP contribution in [0.5, 0.6) is 0 Å². The molecule has 0 radical (unpaired) electrons. The number of piperazine rings is 1. The molecular formula is C28H31ClN6O. The lowest BCUT2D eigenvalue weighted by Crippen LogP contribution is -2.49. The largest absolute Gasteiger partial charge is 0.368 e. The Kier molecular flexibility index (Phi) is 7.11. The standard InChI is InChI=1S/C28H31ClN6O/c1-20(2)33-12-14-34(15-13-33)27-8-6-23(17-24(27)29)32-25-7-9-26(35-11-10-31-28(25)35)22-5-3-4-21(16-22)18-30-19-36/h3-11,16-17,19-20,32H,12-15,18H2,1-2H3,(H,30,36). The van der Waals surface area contributed by atoms with Crippen molar-refractivity contribution in [3.8, 4) is 11.3 Å². The van der Waals surface area contributed by atoms with Crippen LogP contribution < -0.4 is 15.5 Å². The molecule has 3 heterocycles. The predicted molar refractivity (Wildman–Crippen MR) is 147 cm³/mol. The van der Waals surface area contributed by atoms with Crippen LogP contribution in [-0.2, 0) is 11.3 Å². The van der Waals surface area contributed by atoms with Crippen molar-refractivity contribution >= 4 is 40.7 Å². The van der Waals surface area contributed by atoms with Crippen LogP contribution in [0.25, 0.3) is 16.9 Å². The van der Waals surface area contributed by atoms with Crippen molar-refractivity contribution in [3.05, 3.63) is 77.6 Å². The Hall–Kier alpha value is -3.55. The Balaban J connectivity index is 1.36. The van der Waals surface area contributed by atoms with E-state index in [4.69, 9.17) is 11.6 Å². The maximum Gasteiger partial charge on any atom is 0.207 e. The van der Waals surface area contributed by atoms with Gasteiger partial charge < -0.3 is 15.5 Å². The molecular weight excluding hydrogens is 472 g/mol. The number of aromatic nitrogens is 2. The van der Waals surface area contributed by atoms with Crippen LogP contribution in [0.3, 0.4) is 0 Å². The predicted octanol–water partition coefficient (Wildman–Crippen LogP) is 5.17. The average Bonchev–Trinajstić information content (AvgIpc) is 3.39. The van der Waals surface area contributed by atoms with Gasteiger partial charge in [0.15, 0.2) is 5.65 Å². The highest BCUT2D eigenvalue weighted by Gasteiger charge is 2.20. The van der Waals surface area contributed by atoms with Gasteiger partial charge in [-0.15, -0.1) is 0 Å². The second-order valence-corrected chi connectivity index (χ2v) is 9.77. The van der Waals surface area contributed by atoms with Crippen molar-refractivity contribution < 1.29 is 4.79 Å². The minimum atomic E-state index is 0.494. The summed E-state index contributed by atoms with van der Waals surface area (Å²) in [6, 6.07) is 19.0. The third kappa shape index (κ3) is 5.03. The summed E-state index contributed by atoms with van der Waals surface area (Å²) in [5, 5.41) is 6.97. The molecule has 1 amide bonds. The molecule has 4 aromatic rings. The van der Waals surface area contributed by atoms with Gasteiger partial charge in [0, 0.05) is 56.8 Å². The van der Waals surface area contributed by atoms with E-state index in [1.807, 2.05) is 30.5 Å². The summed E-state index contributed by atoms with van der Waals surface area (Å²) in [4.78, 5) is 20.1. The number of rotatable bonds is 8. The number of pyridine rings is 1. The highest BCUT2D eigenvalue weighted by Crippen LogP contribution is 2.33. The molecule has 2 aromatic heterocycles. The first-order valence-electron chi connectivity index (χ1n) is 12.3. The fourth-order valence-corrected chi connectivity index (χ4v) is 5.12. The SMILES string of the molecule is CC(C)N1CCN(c2ccc(Nc3ccc(-c4cccc(CNC=O)c4)n4ccnc34)cc2Cl)CC1. The zero-order valence-corrected chi connectivity index (χ0v) is 21.4. The molecule has 1 aliphatic rings. The average molecular weight is 503 g/mol. The Morgan fingerprint density at radius 1 is 1.06 bits per heavy atom. The summed E-state index contributed by atoms with van der Waals surface area (Å²) in [5.74, 6) is 0. The van der Waals surface area contributed by atoms with Gasteiger partial charge in [-0.2, -0.15) is 0 Å². The van der Waals surface area contributed by atoms with E-state index < -0.39 is 0 Å². The minimum Gasteiger partial charge on any atom is -0.368 e. The maximum absolute atomic E-state index is 10.7. The van der Waals surface area contributed by atoms with Gasteiger partial charge in [-0.3, -0.25) is 14.1 Å². The molecule has 0 saturated carbocycles. The number of imidazole rings is 1. The van der Waals surface area contributed by atoms with E-state index in [1.54, 1.807) is 6.20 Å². The number of hydrogen-bond acceptors (Lipinski definition) is 5. The van der Waals surface area contributed by atoms with E-state index in [0.29, 0.717) is 19.0 Å². The summed E-state index contributed by atoms with van der Waals surface area (Å²) >= 11 is 6.74. The van der Waals surface area contributed by atoms with Crippen molar-refractivity contribution in [2.24, 2.45) is 0 Å². The van der Waals surface area contributed by atoms with Crippen LogP contribution in [0.1, 0.15) is 19.4 Å². The van der Waals surface area contributed by atoms with Gasteiger partial charge in [0.25, 0.3) is 0 Å². The quantitative estimate of drug-likeness (QED) is 0.325. The summed E-state index contributed by atoms with van der Waals surface area (Å²) in [5.41, 5.74) is 6.84. The fraction of sp³-hybridized carbons (Fsp3) is 0.286. The third-order valence-corrected chi connectivity index (χ3v) is 7.08. The molecule has 186 valence electrons. The molecule has 0 spiro atoms. The van der Waals surface area contributed by atoms with Crippen LogP contribution in [-0.4, -0.2) is 52.9 Å². The molecule has 0 unspecified atom stereocenters. The van der Waals surface area contributed by atoms with Crippen LogP contribution in [0, 0.1) is 0 Å². The summed E-state index contributed by atoms with van der Waals surface area (Å²) in [7, 11) is 0. The van der Waals surface area contributed by atoms with Crippen LogP contribution in [0.4, 0.5) is 17.1 Å². The Morgan fingerprint density at radius 2 is 1.89 bits per heavy atom. The van der Waals surface area contributed by atoms with Gasteiger partial charge in [0.2, 0.25) is 6.41 Å². The summed E-state index contributed by atoms with van der Waals surface area (Å²) < 4.78 is 2.07. The number of carbonyl (C=O) groups excluding carboxylic acids is 1. The van der Waals surface area contributed by atoms with Gasteiger partial charge in [-0.1, -0.05) is 29.8 Å². The molecule has 1 aliphatic heterocycles. The van der Waals surface area contributed by atoms with Gasteiger partial charge in [-0.05, 0) is 61.4 Å². The molecule has 5 rings (SSSR count). The van der Waals surface area contributed by atoms with Crippen molar-refractivity contribution in [2.75, 3.05) is 36.4 Å². The Morgan fingerprint density at radius 3 is 2.64 bits per heavy atom. The number of nitrogens with one attached hydrogen (secondary N) is 2. The molecule has 2 aromatic carbocycles. The van der Waals surface area contributed by atoms with E-state index in [0.717, 1.165) is 70.7 Å². The number of amides is 1. The first-order valence-corrected chi connectivity index (χ1v) is 12.7. The molecule has 1 saturated heterocycles. The first-order chi connectivity index (χ1) is 17.5. The van der Waals surface area contributed by atoms with Crippen LogP contribution >= 0.6 is 11.6 Å². The number of fused-ring (bicyclic) bond motifs is 1. The second kappa shape index (κ2) is 10.6. The summed E-state index contributed by atoms with van der Waals surface area (Å²) in [6.07, 6.45) is 4.47. The van der Waals surface area contributed by atoms with E-state index in [9.17, 15) is 4.79 Å². The molecule has 0 aliphatic carbocycles. The highest BCUT2D eigenvalue weighted by molar-refractivity contribution is 6.33. The number of benzene rings is 2. The maximum atomic E-state index is 10.7. The molecule has 0 atom stereocenters. The van der Waals surface area contributed by atoms with Crippen molar-refractivity contribution in [1.29, 1.82) is 0 Å². The van der Waals surface area contributed by atoms with Gasteiger partial charge in [0.05, 0.1) is 22.1 Å². The molecule has 1 fully saturated rings. The zero-order chi connectivity index (χ0) is 25.1. The summed E-state index contributed by atoms with van der Waals surface area (Å²) in [6.45, 7) is 9.05. The van der Waals surface area contributed by atoms with E-state index in [-0.39, 0.29) is 0 Å². The lowest BCUT2D eigenvalue weighted by molar-refractivity contribution is -0.109. The number of hydrogen-bond donors (Lipinski definition) is 2. The lowest BCUT2D eigenvalue weighted by Gasteiger charge is -2.38. The molecule has 36 heavy (non-hydrogen) atoms. The van der Waals surface area contributed by atoms with Crippen molar-refractivity contribution in [1.82, 2.24) is 19.6 Å². The smallest absolute Gasteiger partial charge is 0.207 e. The van der Waals surface area contributed by atoms with Crippen LogP contribution in [0.15, 0.2) is 67.0 Å². The topological polar surface area (TPSA) is 64.9 Å². The van der Waals surface area contributed by atoms with Gasteiger partial charge >= 0.3 is 0 Å². The van der Waals surface area contributed by atoms with E-state index >= 15 is 0 Å². The number of halogens is 1. The van der Waals surface area contributed by atoms with Crippen molar-refractivity contribution in [2.45, 2.75) is 26.4 Å². The Bertz CT molecular complexity index is 1360. The normalized spacial score (nSPS) is 14.4. The Labute approximate surface area is 216 Å². The molecule has 0 bridgehead atoms. The van der Waals surface area contributed by atoms with Crippen LogP contribution in [0.2, 0.25) is 5.02 Å². The number of carbonyl (C=O) groups is 1. The van der Waals surface area contributed by atoms with Crippen molar-refractivity contribution in [3.63, 3.8) is 0 Å². The molecule has 2 N–H and O–H groups in total. The second-order valence-electron chi connectivity index (χ2n) is 9.36. The monoisotopic (exact) mass is 502 g/mol. The first kappa shape index (κ1) is 24.2. The van der Waals surface area contributed by atoms with Gasteiger partial charge in [-0.25, -0.2) is 4.98 Å². The van der Waals surface area contributed by atoms with Gasteiger partial charge in [0.1, 0.15) is 0 Å². The third-order valence-electron chi connectivity index (χ3n) is 6.77. The van der Waals surface area contributed by atoms with E-state index in [2.05, 4.69) is 74.0 Å². The van der Waals surface area contributed by atoms with E-state index in [1.165, 1.54) is 0 Å². The molecule has 7 nitrogen and oxygen atoms in total. The fourth-order valence-electron chi connectivity index (χ4n) is 4.82. The minimum absolute atomic E-state index is 0.494.